The van der Waals surface area contributed by atoms with Crippen molar-refractivity contribution in [2.75, 3.05) is 0 Å². The molecule has 3 nitrogen and oxygen atoms in total. The summed E-state index contributed by atoms with van der Waals surface area (Å²) in [4.78, 5) is 0. The second kappa shape index (κ2) is 6.80. The lowest BCUT2D eigenvalue weighted by Crippen LogP contribution is -2.57. The van der Waals surface area contributed by atoms with Crippen LogP contribution in [0.3, 0.4) is 0 Å². The zero-order valence-corrected chi connectivity index (χ0v) is 18.0. The Morgan fingerprint density at radius 2 is 1.29 bits per heavy atom. The van der Waals surface area contributed by atoms with E-state index in [0.29, 0.717) is 0 Å². The highest BCUT2D eigenvalue weighted by atomic mass is 16.5. The number of fused-ring (bicyclic) bond motifs is 7. The molecule has 0 amide bonds. The molecule has 8 rings (SSSR count). The zero-order valence-electron chi connectivity index (χ0n) is 33.0. The molecule has 4 heteroatoms. The van der Waals surface area contributed by atoms with Gasteiger partial charge in [-0.05, 0) is 41.5 Å². The molecule has 0 saturated carbocycles. The van der Waals surface area contributed by atoms with Crippen LogP contribution in [0.4, 0.5) is 0 Å². The molecule has 3 heterocycles. The lowest BCUT2D eigenvalue weighted by molar-refractivity contribution is 0.462. The highest BCUT2D eigenvalue weighted by Gasteiger charge is 2.40. The fourth-order valence-electron chi connectivity index (χ4n) is 4.94. The van der Waals surface area contributed by atoms with Crippen LogP contribution in [-0.2, 0) is 0 Å². The maximum absolute atomic E-state index is 8.88. The van der Waals surface area contributed by atoms with Gasteiger partial charge in [0.25, 0.3) is 6.71 Å². The topological polar surface area (TPSA) is 23.4 Å². The van der Waals surface area contributed by atoms with Crippen LogP contribution in [0.15, 0.2) is 103 Å². The third kappa shape index (κ3) is 2.51. The Bertz CT molecular complexity index is 2470. The molecular formula is C31H20BNO2. The molecule has 0 bridgehead atoms. The minimum atomic E-state index is -1.12. The smallest absolute Gasteiger partial charge is 0.260 e. The van der Waals surface area contributed by atoms with E-state index in [9.17, 15) is 0 Å². The van der Waals surface area contributed by atoms with Crippen molar-refractivity contribution < 1.29 is 30.0 Å². The molecule has 0 atom stereocenters. The maximum Gasteiger partial charge on any atom is 0.260 e. The molecule has 0 fully saturated rings. The second-order valence-electron chi connectivity index (χ2n) is 8.26. The highest BCUT2D eigenvalue weighted by molar-refractivity contribution is 6.98. The first kappa shape index (κ1) is 9.67. The van der Waals surface area contributed by atoms with E-state index in [-0.39, 0.29) is 84.5 Å². The van der Waals surface area contributed by atoms with Gasteiger partial charge in [0.15, 0.2) is 0 Å². The Labute approximate surface area is 224 Å². The van der Waals surface area contributed by atoms with Crippen LogP contribution in [0, 0.1) is 6.92 Å². The van der Waals surface area contributed by atoms with Crippen LogP contribution in [0.1, 0.15) is 26.1 Å². The van der Waals surface area contributed by atoms with Gasteiger partial charge in [-0.25, -0.2) is 0 Å². The van der Waals surface area contributed by atoms with Crippen LogP contribution >= 0.6 is 0 Å². The molecule has 0 N–H and O–H groups in total. The molecule has 0 unspecified atom stereocenters. The maximum atomic E-state index is 8.88. The first-order chi connectivity index (χ1) is 23.5. The van der Waals surface area contributed by atoms with Crippen molar-refractivity contribution in [1.29, 1.82) is 0 Å². The minimum Gasteiger partial charge on any atom is -0.458 e. The van der Waals surface area contributed by atoms with Crippen molar-refractivity contribution in [3.05, 3.63) is 108 Å². The van der Waals surface area contributed by atoms with E-state index < -0.39 is 85.3 Å². The normalized spacial score (nSPS) is 19.1. The molecular weight excluding hydrogens is 429 g/mol. The van der Waals surface area contributed by atoms with Crippen molar-refractivity contribution in [2.45, 2.75) is 6.92 Å². The van der Waals surface area contributed by atoms with Gasteiger partial charge in [0, 0.05) is 28.4 Å². The minimum absolute atomic E-state index is 0.00724. The van der Waals surface area contributed by atoms with Gasteiger partial charge in [-0.2, -0.15) is 0 Å². The predicted molar refractivity (Wildman–Crippen MR) is 143 cm³/mol. The van der Waals surface area contributed by atoms with Crippen molar-refractivity contribution in [1.82, 2.24) is 4.57 Å². The number of nitrogens with zero attached hydrogens (tertiary/aromatic N) is 1. The molecule has 5 aromatic carbocycles. The van der Waals surface area contributed by atoms with E-state index in [1.807, 2.05) is 0 Å². The number of benzene rings is 5. The fraction of sp³-hybridized carbons (Fsp3) is 0.0323. The molecule has 0 radical (unpaired) electrons. The molecule has 0 saturated heterocycles. The summed E-state index contributed by atoms with van der Waals surface area (Å²) in [6.45, 7) is 0.404. The standard InChI is InChI=1S/C31H20BNO2/c1-19-9-8-13-24-31(19)35-29-18-20(17-28-30(29)32(24)23-12-4-7-16-27(23)34-28)33-25-14-5-2-10-21(25)22-11-3-6-15-26(22)33/h2-18H,1H3/i2D,3D,4D,5D,6D,7D,8D,9D,10D,11D,12D,13D,14D,15D,16D. The van der Waals surface area contributed by atoms with Gasteiger partial charge in [0.2, 0.25) is 0 Å². The van der Waals surface area contributed by atoms with E-state index in [1.165, 1.54) is 23.6 Å². The average Bonchev–Trinajstić information content (AvgIpc) is 3.47. The monoisotopic (exact) mass is 464 g/mol. The van der Waals surface area contributed by atoms with E-state index in [4.69, 9.17) is 30.0 Å². The Balaban J connectivity index is 1.56. The number of aromatic nitrogens is 1. The summed E-state index contributed by atoms with van der Waals surface area (Å²) in [5, 5.41) is -0.296. The number of rotatable bonds is 1. The van der Waals surface area contributed by atoms with Gasteiger partial charge < -0.3 is 14.0 Å². The lowest BCUT2D eigenvalue weighted by atomic mass is 9.34. The van der Waals surface area contributed by atoms with Crippen LogP contribution in [0.25, 0.3) is 27.5 Å². The number of hydrogen-bond acceptors (Lipinski definition) is 2. The number of ether oxygens (including phenoxy) is 2. The summed E-state index contributed by atoms with van der Waals surface area (Å²) in [5.74, 6) is -0.234. The molecule has 6 aromatic rings. The largest absolute Gasteiger partial charge is 0.458 e. The molecule has 35 heavy (non-hydrogen) atoms. The summed E-state index contributed by atoms with van der Waals surface area (Å²) in [7, 11) is 0. The van der Waals surface area contributed by atoms with Gasteiger partial charge >= 0.3 is 0 Å². The van der Waals surface area contributed by atoms with Crippen molar-refractivity contribution in [2.24, 2.45) is 0 Å². The SMILES string of the molecule is [2H]c1c([2H])c([2H])c2c(c1[2H])Oc1cc(-n3c4c([2H])c([2H])c([2H])c([2H])c4c4c([2H])c([2H])c([2H])c([2H])c43)cc3c1B2c1c([2H])c([2H])c([2H])c(C)c1O3. The van der Waals surface area contributed by atoms with Crippen LogP contribution in [0.2, 0.25) is 0 Å². The summed E-state index contributed by atoms with van der Waals surface area (Å²) < 4.78 is 143. The van der Waals surface area contributed by atoms with Crippen LogP contribution in [-0.4, -0.2) is 11.3 Å². The van der Waals surface area contributed by atoms with E-state index in [1.54, 1.807) is 0 Å². The molecule has 2 aliphatic rings. The third-order valence-corrected chi connectivity index (χ3v) is 6.38. The Morgan fingerprint density at radius 3 is 2.06 bits per heavy atom. The Kier molecular flexibility index (Phi) is 1.88. The molecule has 0 spiro atoms. The lowest BCUT2D eigenvalue weighted by Gasteiger charge is -2.34. The summed E-state index contributed by atoms with van der Waals surface area (Å²) >= 11 is 0. The molecule has 1 aromatic heterocycles. The fourth-order valence-corrected chi connectivity index (χ4v) is 4.94. The quantitative estimate of drug-likeness (QED) is 0.286. The summed E-state index contributed by atoms with van der Waals surface area (Å²) in [5.41, 5.74) is 0.251. The predicted octanol–water partition coefficient (Wildman–Crippen LogP) is 5.82. The Hall–Kier alpha value is -4.44. The highest BCUT2D eigenvalue weighted by Crippen LogP contribution is 2.39. The first-order valence-electron chi connectivity index (χ1n) is 18.3. The van der Waals surface area contributed by atoms with Crippen LogP contribution < -0.4 is 25.9 Å². The number of para-hydroxylation sites is 4. The zero-order chi connectivity index (χ0) is 36.1. The Morgan fingerprint density at radius 1 is 0.657 bits per heavy atom. The van der Waals surface area contributed by atoms with Gasteiger partial charge in [0.1, 0.15) is 23.0 Å². The molecule has 0 aliphatic carbocycles. The average molecular weight is 464 g/mol. The van der Waals surface area contributed by atoms with Crippen LogP contribution in [0.5, 0.6) is 23.0 Å². The molecule has 164 valence electrons. The second-order valence-corrected chi connectivity index (χ2v) is 8.26. The third-order valence-electron chi connectivity index (χ3n) is 6.38. The first-order valence-corrected chi connectivity index (χ1v) is 10.8. The van der Waals surface area contributed by atoms with Crippen molar-refractivity contribution in [3.8, 4) is 28.7 Å². The van der Waals surface area contributed by atoms with E-state index in [2.05, 4.69) is 0 Å². The van der Waals surface area contributed by atoms with Gasteiger partial charge in [-0.3, -0.25) is 0 Å². The number of hydrogen-bond donors (Lipinski definition) is 0. The summed E-state index contributed by atoms with van der Waals surface area (Å²) in [6.07, 6.45) is 0. The van der Waals surface area contributed by atoms with Crippen molar-refractivity contribution in [3.63, 3.8) is 0 Å². The van der Waals surface area contributed by atoms with Gasteiger partial charge in [-0.15, -0.1) is 0 Å². The van der Waals surface area contributed by atoms with Gasteiger partial charge in [-0.1, -0.05) is 72.5 Å². The van der Waals surface area contributed by atoms with Gasteiger partial charge in [0.05, 0.1) is 37.3 Å². The summed E-state index contributed by atoms with van der Waals surface area (Å²) in [6, 6.07) is -4.83. The van der Waals surface area contributed by atoms with E-state index in [0.717, 1.165) is 0 Å². The van der Waals surface area contributed by atoms with Crippen molar-refractivity contribution >= 4 is 44.9 Å². The van der Waals surface area contributed by atoms with E-state index >= 15 is 0 Å². The molecule has 2 aliphatic heterocycles.